The number of carbonyl (C=O) groups excluding carboxylic acids is 2. The number of aryl methyl sites for hydroxylation is 1. The second-order valence-electron chi connectivity index (χ2n) is 6.03. The van der Waals surface area contributed by atoms with Crippen LogP contribution in [0, 0.1) is 0 Å². The molecule has 0 saturated carbocycles. The molecule has 2 fully saturated rings. The van der Waals surface area contributed by atoms with Crippen molar-refractivity contribution in [1.82, 2.24) is 19.3 Å². The van der Waals surface area contributed by atoms with Crippen LogP contribution in [-0.4, -0.2) is 83.7 Å². The van der Waals surface area contributed by atoms with Gasteiger partial charge in [0, 0.05) is 58.6 Å². The van der Waals surface area contributed by atoms with Crippen molar-refractivity contribution in [1.29, 1.82) is 0 Å². The number of aromatic nitrogens is 1. The molecular formula is C16H22N4O4. The number of carbonyl (C=O) groups is 2. The van der Waals surface area contributed by atoms with Gasteiger partial charge in [-0.15, -0.1) is 0 Å². The van der Waals surface area contributed by atoms with E-state index in [0.717, 1.165) is 0 Å². The molecule has 3 amide bonds. The number of urea groups is 1. The Kier molecular flexibility index (Phi) is 4.84. The molecule has 130 valence electrons. The van der Waals surface area contributed by atoms with Gasteiger partial charge in [-0.25, -0.2) is 4.79 Å². The third-order valence-corrected chi connectivity index (χ3v) is 4.45. The minimum absolute atomic E-state index is 0.0208. The molecule has 0 aromatic carbocycles. The molecule has 2 aliphatic rings. The maximum Gasteiger partial charge on any atom is 0.320 e. The lowest BCUT2D eigenvalue weighted by Crippen LogP contribution is -2.55. The Morgan fingerprint density at radius 3 is 2.12 bits per heavy atom. The van der Waals surface area contributed by atoms with E-state index in [-0.39, 0.29) is 17.5 Å². The number of ether oxygens (including phenoxy) is 1. The first-order valence-corrected chi connectivity index (χ1v) is 8.14. The van der Waals surface area contributed by atoms with E-state index in [2.05, 4.69) is 0 Å². The lowest BCUT2D eigenvalue weighted by Gasteiger charge is -2.38. The molecule has 1 aromatic rings. The number of piperazine rings is 1. The van der Waals surface area contributed by atoms with Crippen LogP contribution >= 0.6 is 0 Å². The first kappa shape index (κ1) is 16.5. The Bertz CT molecular complexity index is 673. The molecule has 0 bridgehead atoms. The third kappa shape index (κ3) is 3.43. The van der Waals surface area contributed by atoms with Gasteiger partial charge in [-0.05, 0) is 6.07 Å². The lowest BCUT2D eigenvalue weighted by atomic mass is 10.2. The molecule has 0 atom stereocenters. The second-order valence-corrected chi connectivity index (χ2v) is 6.03. The molecule has 3 heterocycles. The minimum Gasteiger partial charge on any atom is -0.378 e. The Labute approximate surface area is 140 Å². The highest BCUT2D eigenvalue weighted by Gasteiger charge is 2.28. The molecule has 0 spiro atoms. The quantitative estimate of drug-likeness (QED) is 0.700. The average molecular weight is 334 g/mol. The van der Waals surface area contributed by atoms with E-state index in [1.807, 2.05) is 0 Å². The van der Waals surface area contributed by atoms with Gasteiger partial charge in [0.2, 0.25) is 5.56 Å². The highest BCUT2D eigenvalue weighted by Crippen LogP contribution is 2.10. The van der Waals surface area contributed by atoms with E-state index >= 15 is 0 Å². The van der Waals surface area contributed by atoms with E-state index in [9.17, 15) is 14.4 Å². The first-order chi connectivity index (χ1) is 11.6. The topological polar surface area (TPSA) is 75.1 Å². The van der Waals surface area contributed by atoms with Crippen LogP contribution in [0.3, 0.4) is 0 Å². The highest BCUT2D eigenvalue weighted by molar-refractivity contribution is 5.94. The van der Waals surface area contributed by atoms with Crippen molar-refractivity contribution >= 4 is 11.9 Å². The SMILES string of the molecule is Cn1cc(C(=O)N2CCN(C(=O)N3CCOCC3)CC2)ccc1=O. The Morgan fingerprint density at radius 1 is 0.917 bits per heavy atom. The fourth-order valence-corrected chi connectivity index (χ4v) is 2.96. The Balaban J connectivity index is 1.58. The lowest BCUT2D eigenvalue weighted by molar-refractivity contribution is 0.0362. The summed E-state index contributed by atoms with van der Waals surface area (Å²) in [7, 11) is 1.62. The van der Waals surface area contributed by atoms with Gasteiger partial charge in [0.05, 0.1) is 18.8 Å². The number of morpholine rings is 1. The largest absolute Gasteiger partial charge is 0.378 e. The van der Waals surface area contributed by atoms with Gasteiger partial charge in [0.1, 0.15) is 0 Å². The van der Waals surface area contributed by atoms with E-state index in [0.29, 0.717) is 58.0 Å². The van der Waals surface area contributed by atoms with Crippen LogP contribution in [0.1, 0.15) is 10.4 Å². The summed E-state index contributed by atoms with van der Waals surface area (Å²) in [5.74, 6) is -0.107. The molecular weight excluding hydrogens is 312 g/mol. The van der Waals surface area contributed by atoms with Gasteiger partial charge in [-0.2, -0.15) is 0 Å². The van der Waals surface area contributed by atoms with Crippen molar-refractivity contribution in [2.24, 2.45) is 7.05 Å². The fourth-order valence-electron chi connectivity index (χ4n) is 2.96. The maximum atomic E-state index is 12.5. The predicted molar refractivity (Wildman–Crippen MR) is 86.9 cm³/mol. The van der Waals surface area contributed by atoms with Crippen LogP contribution in [0.25, 0.3) is 0 Å². The van der Waals surface area contributed by atoms with Crippen molar-refractivity contribution in [3.8, 4) is 0 Å². The van der Waals surface area contributed by atoms with Gasteiger partial charge < -0.3 is 24.0 Å². The van der Waals surface area contributed by atoms with E-state index in [4.69, 9.17) is 4.74 Å². The summed E-state index contributed by atoms with van der Waals surface area (Å²) in [6, 6.07) is 2.97. The molecule has 0 unspecified atom stereocenters. The zero-order chi connectivity index (χ0) is 17.1. The molecule has 1 aromatic heterocycles. The maximum absolute atomic E-state index is 12.5. The van der Waals surface area contributed by atoms with Crippen LogP contribution < -0.4 is 5.56 Å². The zero-order valence-corrected chi connectivity index (χ0v) is 13.8. The van der Waals surface area contributed by atoms with Crippen molar-refractivity contribution in [2.75, 3.05) is 52.5 Å². The van der Waals surface area contributed by atoms with E-state index < -0.39 is 0 Å². The zero-order valence-electron chi connectivity index (χ0n) is 13.8. The second kappa shape index (κ2) is 7.04. The van der Waals surface area contributed by atoms with Gasteiger partial charge >= 0.3 is 6.03 Å². The molecule has 24 heavy (non-hydrogen) atoms. The standard InChI is InChI=1S/C16H22N4O4/c1-17-12-13(2-3-14(17)21)15(22)18-4-6-19(7-5-18)16(23)20-8-10-24-11-9-20/h2-3,12H,4-11H2,1H3. The molecule has 0 radical (unpaired) electrons. The minimum atomic E-state index is -0.146. The molecule has 8 nitrogen and oxygen atoms in total. The summed E-state index contributed by atoms with van der Waals surface area (Å²) in [5.41, 5.74) is 0.345. The number of amides is 3. The molecule has 0 N–H and O–H groups in total. The Morgan fingerprint density at radius 2 is 1.50 bits per heavy atom. The first-order valence-electron chi connectivity index (χ1n) is 8.14. The predicted octanol–water partition coefficient (Wildman–Crippen LogP) is -0.405. The van der Waals surface area contributed by atoms with Crippen molar-refractivity contribution in [3.05, 3.63) is 34.2 Å². The van der Waals surface area contributed by atoms with Crippen molar-refractivity contribution in [2.45, 2.75) is 0 Å². The average Bonchev–Trinajstić information content (AvgIpc) is 2.63. The monoisotopic (exact) mass is 334 g/mol. The van der Waals surface area contributed by atoms with Crippen LogP contribution in [-0.2, 0) is 11.8 Å². The van der Waals surface area contributed by atoms with E-state index in [1.54, 1.807) is 34.0 Å². The third-order valence-electron chi connectivity index (χ3n) is 4.45. The number of pyridine rings is 1. The summed E-state index contributed by atoms with van der Waals surface area (Å²) < 4.78 is 6.66. The number of hydrogen-bond acceptors (Lipinski definition) is 4. The molecule has 0 aliphatic carbocycles. The normalized spacial score (nSPS) is 18.6. The van der Waals surface area contributed by atoms with E-state index in [1.165, 1.54) is 10.6 Å². The van der Waals surface area contributed by atoms with Crippen LogP contribution in [0.5, 0.6) is 0 Å². The van der Waals surface area contributed by atoms with Gasteiger partial charge in [0.25, 0.3) is 5.91 Å². The summed E-state index contributed by atoms with van der Waals surface area (Å²) in [4.78, 5) is 41.7. The summed E-state index contributed by atoms with van der Waals surface area (Å²) in [6.45, 7) is 4.44. The van der Waals surface area contributed by atoms with Crippen LogP contribution in [0.15, 0.2) is 23.1 Å². The number of rotatable bonds is 1. The van der Waals surface area contributed by atoms with Crippen molar-refractivity contribution in [3.63, 3.8) is 0 Å². The van der Waals surface area contributed by atoms with Crippen LogP contribution in [0.4, 0.5) is 4.79 Å². The van der Waals surface area contributed by atoms with Gasteiger partial charge in [0.15, 0.2) is 0 Å². The molecule has 3 rings (SSSR count). The summed E-state index contributed by atoms with van der Waals surface area (Å²) >= 11 is 0. The number of hydrogen-bond donors (Lipinski definition) is 0. The fraction of sp³-hybridized carbons (Fsp3) is 0.562. The Hall–Kier alpha value is -2.35. The van der Waals surface area contributed by atoms with Gasteiger partial charge in [-0.1, -0.05) is 0 Å². The van der Waals surface area contributed by atoms with Crippen LogP contribution in [0.2, 0.25) is 0 Å². The summed E-state index contributed by atoms with van der Waals surface area (Å²) in [5, 5.41) is 0. The molecule has 8 heteroatoms. The smallest absolute Gasteiger partial charge is 0.320 e. The van der Waals surface area contributed by atoms with Crippen molar-refractivity contribution < 1.29 is 14.3 Å². The van der Waals surface area contributed by atoms with Gasteiger partial charge in [-0.3, -0.25) is 9.59 Å². The highest BCUT2D eigenvalue weighted by atomic mass is 16.5. The molecule has 2 aliphatic heterocycles. The number of nitrogens with zero attached hydrogens (tertiary/aromatic N) is 4. The summed E-state index contributed by atoms with van der Waals surface area (Å²) in [6.07, 6.45) is 1.55. The molecule has 2 saturated heterocycles.